The second kappa shape index (κ2) is 8.77. The predicted molar refractivity (Wildman–Crippen MR) is 123 cm³/mol. The Morgan fingerprint density at radius 3 is 2.44 bits per heavy atom. The fourth-order valence-corrected chi connectivity index (χ4v) is 4.49. The van der Waals surface area contributed by atoms with Crippen LogP contribution in [0.4, 0.5) is 0 Å². The molecule has 0 aromatic heterocycles. The number of rotatable bonds is 5. The maximum Gasteiger partial charge on any atom is 0.254 e. The molecule has 2 aromatic rings. The van der Waals surface area contributed by atoms with Gasteiger partial charge in [0.1, 0.15) is 0 Å². The number of aryl methyl sites for hydroxylation is 2. The van der Waals surface area contributed by atoms with Gasteiger partial charge in [-0.2, -0.15) is 10.5 Å². The lowest BCUT2D eigenvalue weighted by atomic mass is 9.89. The maximum atomic E-state index is 13.3. The smallest absolute Gasteiger partial charge is 0.254 e. The molecule has 1 saturated heterocycles. The zero-order valence-corrected chi connectivity index (χ0v) is 18.7. The molecule has 0 bridgehead atoms. The molecule has 2 heterocycles. The minimum Gasteiger partial charge on any atom is -0.367 e. The second-order valence-electron chi connectivity index (χ2n) is 8.66. The average Bonchev–Trinajstić information content (AvgIpc) is 3.12. The Hall–Kier alpha value is -3.77. The third kappa shape index (κ3) is 4.05. The molecular weight excluding hydrogens is 398 g/mol. The van der Waals surface area contributed by atoms with Crippen LogP contribution >= 0.6 is 0 Å². The summed E-state index contributed by atoms with van der Waals surface area (Å²) in [6, 6.07) is 16.0. The Balaban J connectivity index is 1.50. The number of allylic oxidation sites excluding steroid dienone is 1. The maximum absolute atomic E-state index is 13.3. The number of nitrogens with one attached hydrogen (secondary N) is 2. The summed E-state index contributed by atoms with van der Waals surface area (Å²) in [6.07, 6.45) is 1.24. The topological polar surface area (TPSA) is 92.0 Å². The molecule has 0 spiro atoms. The molecule has 162 valence electrons. The highest BCUT2D eigenvalue weighted by atomic mass is 16.2. The summed E-state index contributed by atoms with van der Waals surface area (Å²) in [5, 5.41) is 24.7. The highest BCUT2D eigenvalue weighted by Gasteiger charge is 2.33. The summed E-state index contributed by atoms with van der Waals surface area (Å²) in [4.78, 5) is 15.2. The number of hydrogen-bond acceptors (Lipinski definition) is 5. The van der Waals surface area contributed by atoms with Crippen LogP contribution in [0.25, 0.3) is 5.70 Å². The lowest BCUT2D eigenvalue weighted by Crippen LogP contribution is -2.48. The van der Waals surface area contributed by atoms with Gasteiger partial charge in [-0.25, -0.2) is 0 Å². The predicted octanol–water partition coefficient (Wildman–Crippen LogP) is 3.93. The highest BCUT2D eigenvalue weighted by Crippen LogP contribution is 2.31. The molecule has 0 aliphatic carbocycles. The molecule has 2 aliphatic rings. The van der Waals surface area contributed by atoms with E-state index < -0.39 is 0 Å². The van der Waals surface area contributed by atoms with E-state index in [2.05, 4.69) is 35.8 Å². The number of carbonyl (C=O) groups excluding carboxylic acids is 1. The lowest BCUT2D eigenvalue weighted by molar-refractivity contribution is 0.0601. The van der Waals surface area contributed by atoms with Crippen molar-refractivity contribution in [2.45, 2.75) is 45.7 Å². The first-order valence-corrected chi connectivity index (χ1v) is 10.9. The van der Waals surface area contributed by atoms with Gasteiger partial charge in [0, 0.05) is 42.3 Å². The van der Waals surface area contributed by atoms with E-state index in [0.29, 0.717) is 31.0 Å². The summed E-state index contributed by atoms with van der Waals surface area (Å²) >= 11 is 0. The van der Waals surface area contributed by atoms with Gasteiger partial charge in [-0.1, -0.05) is 18.2 Å². The van der Waals surface area contributed by atoms with E-state index in [1.165, 1.54) is 5.56 Å². The van der Waals surface area contributed by atoms with Crippen molar-refractivity contribution in [3.63, 3.8) is 0 Å². The Morgan fingerprint density at radius 2 is 1.78 bits per heavy atom. The number of nitriles is 2. The van der Waals surface area contributed by atoms with Crippen LogP contribution in [-0.2, 0) is 0 Å². The van der Waals surface area contributed by atoms with E-state index in [-0.39, 0.29) is 12.1 Å². The van der Waals surface area contributed by atoms with Crippen LogP contribution in [0.2, 0.25) is 0 Å². The first-order valence-electron chi connectivity index (χ1n) is 10.9. The Morgan fingerprint density at radius 1 is 1.06 bits per heavy atom. The molecule has 1 fully saturated rings. The second-order valence-corrected chi connectivity index (χ2v) is 8.66. The molecule has 0 radical (unpaired) electrons. The minimum atomic E-state index is 0.0352. The van der Waals surface area contributed by atoms with Gasteiger partial charge in [0.05, 0.1) is 29.6 Å². The lowest BCUT2D eigenvalue weighted by Gasteiger charge is -2.40. The van der Waals surface area contributed by atoms with Crippen LogP contribution in [0.3, 0.4) is 0 Å². The van der Waals surface area contributed by atoms with E-state index in [4.69, 9.17) is 10.5 Å². The minimum absolute atomic E-state index is 0.0352. The van der Waals surface area contributed by atoms with Gasteiger partial charge < -0.3 is 15.5 Å². The van der Waals surface area contributed by atoms with Gasteiger partial charge in [0.2, 0.25) is 0 Å². The van der Waals surface area contributed by atoms with Crippen molar-refractivity contribution in [1.29, 1.82) is 10.5 Å². The molecule has 1 atom stereocenters. The first-order chi connectivity index (χ1) is 15.4. The van der Waals surface area contributed by atoms with E-state index in [1.54, 1.807) is 0 Å². The molecule has 1 unspecified atom stereocenters. The van der Waals surface area contributed by atoms with Crippen molar-refractivity contribution in [2.24, 2.45) is 0 Å². The number of amides is 1. The van der Waals surface area contributed by atoms with Crippen LogP contribution in [0.5, 0.6) is 0 Å². The Bertz CT molecular complexity index is 1160. The molecule has 6 nitrogen and oxygen atoms in total. The number of likely N-dealkylation sites (tertiary alicyclic amines) is 1. The number of carbonyl (C=O) groups is 1. The summed E-state index contributed by atoms with van der Waals surface area (Å²) < 4.78 is 0. The van der Waals surface area contributed by atoms with Crippen LogP contribution in [0, 0.1) is 36.5 Å². The molecule has 2 aromatic carbocycles. The van der Waals surface area contributed by atoms with Crippen LogP contribution in [0.15, 0.2) is 42.1 Å². The summed E-state index contributed by atoms with van der Waals surface area (Å²) in [6.45, 7) is 7.44. The van der Waals surface area contributed by atoms with Crippen LogP contribution < -0.4 is 10.6 Å². The van der Waals surface area contributed by atoms with Crippen LogP contribution in [0.1, 0.15) is 63.9 Å². The molecule has 4 rings (SSSR count). The fourth-order valence-electron chi connectivity index (χ4n) is 4.49. The van der Waals surface area contributed by atoms with Gasteiger partial charge in [0.15, 0.2) is 0 Å². The first kappa shape index (κ1) is 21.5. The van der Waals surface area contributed by atoms with Gasteiger partial charge in [-0.3, -0.25) is 4.79 Å². The molecule has 32 heavy (non-hydrogen) atoms. The third-order valence-electron chi connectivity index (χ3n) is 6.38. The molecular formula is C26H27N5O. The zero-order valence-electron chi connectivity index (χ0n) is 18.7. The SMILES string of the molecule is CC1=C(c2cc(C(=O)N3CC(c4ccc(C#N)cc4)C3)c(C)cc2C)NC(CCC#N)N1. The zero-order chi connectivity index (χ0) is 22.8. The molecule has 2 aliphatic heterocycles. The van der Waals surface area contributed by atoms with Crippen molar-refractivity contribution in [1.82, 2.24) is 15.5 Å². The molecule has 2 N–H and O–H groups in total. The molecule has 1 amide bonds. The van der Waals surface area contributed by atoms with Gasteiger partial charge in [-0.05, 0) is 62.1 Å². The Labute approximate surface area is 189 Å². The summed E-state index contributed by atoms with van der Waals surface area (Å²) in [5.41, 5.74) is 7.68. The average molecular weight is 426 g/mol. The number of benzene rings is 2. The van der Waals surface area contributed by atoms with Crippen molar-refractivity contribution in [2.75, 3.05) is 13.1 Å². The largest absolute Gasteiger partial charge is 0.367 e. The van der Waals surface area contributed by atoms with E-state index >= 15 is 0 Å². The van der Waals surface area contributed by atoms with E-state index in [9.17, 15) is 4.79 Å². The van der Waals surface area contributed by atoms with Crippen molar-refractivity contribution >= 4 is 11.6 Å². The van der Waals surface area contributed by atoms with Crippen molar-refractivity contribution in [3.05, 3.63) is 75.5 Å². The standard InChI is InChI=1S/C26H27N5O/c1-16-11-17(2)23(12-22(16)25-18(3)29-24(30-25)5-4-10-27)26(32)31-14-21(15-31)20-8-6-19(13-28)7-9-20/h6-9,11-12,21,24,29-30H,4-5,14-15H2,1-3H3. The highest BCUT2D eigenvalue weighted by molar-refractivity contribution is 5.97. The fraction of sp³-hybridized carbons (Fsp3) is 0.346. The monoisotopic (exact) mass is 425 g/mol. The van der Waals surface area contributed by atoms with Gasteiger partial charge in [0.25, 0.3) is 5.91 Å². The molecule has 6 heteroatoms. The summed E-state index contributed by atoms with van der Waals surface area (Å²) in [5.74, 6) is 0.363. The Kier molecular flexibility index (Phi) is 5.88. The molecule has 0 saturated carbocycles. The van der Waals surface area contributed by atoms with Crippen LogP contribution in [-0.4, -0.2) is 30.1 Å². The van der Waals surface area contributed by atoms with Crippen molar-refractivity contribution < 1.29 is 4.79 Å². The number of nitrogens with zero attached hydrogens (tertiary/aromatic N) is 3. The normalized spacial score (nSPS) is 17.8. The van der Waals surface area contributed by atoms with Gasteiger partial charge >= 0.3 is 0 Å². The number of hydrogen-bond donors (Lipinski definition) is 2. The quantitative estimate of drug-likeness (QED) is 0.757. The summed E-state index contributed by atoms with van der Waals surface area (Å²) in [7, 11) is 0. The van der Waals surface area contributed by atoms with Gasteiger partial charge in [-0.15, -0.1) is 0 Å². The van der Waals surface area contributed by atoms with E-state index in [0.717, 1.165) is 40.1 Å². The third-order valence-corrected chi connectivity index (χ3v) is 6.38. The van der Waals surface area contributed by atoms with E-state index in [1.807, 2.05) is 49.1 Å². The van der Waals surface area contributed by atoms with Crippen molar-refractivity contribution in [3.8, 4) is 12.1 Å².